The highest BCUT2D eigenvalue weighted by atomic mass is 35.5. The normalized spacial score (nSPS) is 10.3. The highest BCUT2D eigenvalue weighted by molar-refractivity contribution is 6.30. The van der Waals surface area contributed by atoms with E-state index in [2.05, 4.69) is 25.9 Å². The second-order valence-electron chi connectivity index (χ2n) is 4.28. The van der Waals surface area contributed by atoms with Crippen LogP contribution in [0.1, 0.15) is 6.42 Å². The summed E-state index contributed by atoms with van der Waals surface area (Å²) in [5.74, 6) is 1.35. The molecule has 5 nitrogen and oxygen atoms in total. The van der Waals surface area contributed by atoms with Gasteiger partial charge in [-0.25, -0.2) is 4.98 Å². The van der Waals surface area contributed by atoms with E-state index in [1.54, 1.807) is 6.20 Å². The number of nitrogens with zero attached hydrogens (tertiary/aromatic N) is 2. The Kier molecular flexibility index (Phi) is 5.58. The summed E-state index contributed by atoms with van der Waals surface area (Å²) < 4.78 is 0. The van der Waals surface area contributed by atoms with Crippen LogP contribution in [0.4, 0.5) is 17.5 Å². The van der Waals surface area contributed by atoms with Crippen molar-refractivity contribution in [3.05, 3.63) is 41.6 Å². The number of hydrogen-bond acceptors (Lipinski definition) is 5. The molecular weight excluding hydrogens is 274 g/mol. The summed E-state index contributed by atoms with van der Waals surface area (Å²) in [6, 6.07) is 9.31. The van der Waals surface area contributed by atoms with Gasteiger partial charge in [0.1, 0.15) is 5.82 Å². The zero-order valence-electron chi connectivity index (χ0n) is 11.4. The monoisotopic (exact) mass is 291 g/mol. The van der Waals surface area contributed by atoms with Gasteiger partial charge in [-0.05, 0) is 44.3 Å². The molecule has 106 valence electrons. The Morgan fingerprint density at radius 2 is 2.10 bits per heavy atom. The highest BCUT2D eigenvalue weighted by Crippen LogP contribution is 2.18. The van der Waals surface area contributed by atoms with Gasteiger partial charge in [0.25, 0.3) is 0 Å². The Morgan fingerprint density at radius 3 is 2.90 bits per heavy atom. The molecule has 2 rings (SSSR count). The predicted molar refractivity (Wildman–Crippen MR) is 83.8 cm³/mol. The highest BCUT2D eigenvalue weighted by Gasteiger charge is 2.00. The van der Waals surface area contributed by atoms with Gasteiger partial charge in [-0.3, -0.25) is 0 Å². The van der Waals surface area contributed by atoms with E-state index in [0.29, 0.717) is 11.0 Å². The van der Waals surface area contributed by atoms with Crippen LogP contribution >= 0.6 is 11.6 Å². The van der Waals surface area contributed by atoms with Gasteiger partial charge in [0, 0.05) is 23.5 Å². The molecule has 1 aromatic carbocycles. The molecule has 0 bridgehead atoms. The van der Waals surface area contributed by atoms with Crippen molar-refractivity contribution in [3.8, 4) is 0 Å². The lowest BCUT2D eigenvalue weighted by Gasteiger charge is -2.08. The molecule has 0 fully saturated rings. The minimum Gasteiger partial charge on any atom is -0.370 e. The molecule has 1 heterocycles. The van der Waals surface area contributed by atoms with Gasteiger partial charge in [-0.1, -0.05) is 17.7 Å². The number of anilines is 3. The zero-order valence-corrected chi connectivity index (χ0v) is 12.1. The van der Waals surface area contributed by atoms with Crippen molar-refractivity contribution in [2.45, 2.75) is 6.42 Å². The van der Waals surface area contributed by atoms with E-state index in [0.717, 1.165) is 31.0 Å². The van der Waals surface area contributed by atoms with Crippen molar-refractivity contribution in [2.24, 2.45) is 0 Å². The second-order valence-corrected chi connectivity index (χ2v) is 4.72. The third-order valence-electron chi connectivity index (χ3n) is 2.65. The molecule has 0 radical (unpaired) electrons. The van der Waals surface area contributed by atoms with Crippen molar-refractivity contribution >= 4 is 29.1 Å². The van der Waals surface area contributed by atoms with E-state index in [1.807, 2.05) is 37.4 Å². The van der Waals surface area contributed by atoms with E-state index in [9.17, 15) is 0 Å². The van der Waals surface area contributed by atoms with Crippen LogP contribution < -0.4 is 16.0 Å². The molecule has 6 heteroatoms. The van der Waals surface area contributed by atoms with Gasteiger partial charge >= 0.3 is 0 Å². The van der Waals surface area contributed by atoms with E-state index >= 15 is 0 Å². The Morgan fingerprint density at radius 1 is 1.20 bits per heavy atom. The minimum atomic E-state index is 0.547. The van der Waals surface area contributed by atoms with Crippen LogP contribution in [0.5, 0.6) is 0 Å². The smallest absolute Gasteiger partial charge is 0.229 e. The fourth-order valence-corrected chi connectivity index (χ4v) is 1.88. The summed E-state index contributed by atoms with van der Waals surface area (Å²) in [5, 5.41) is 10.2. The van der Waals surface area contributed by atoms with Crippen LogP contribution in [-0.4, -0.2) is 30.1 Å². The number of nitrogens with one attached hydrogen (secondary N) is 3. The Labute approximate surface area is 123 Å². The summed E-state index contributed by atoms with van der Waals surface area (Å²) in [6.45, 7) is 1.85. The molecule has 0 saturated heterocycles. The molecule has 0 spiro atoms. The summed E-state index contributed by atoms with van der Waals surface area (Å²) in [6.07, 6.45) is 2.76. The van der Waals surface area contributed by atoms with E-state index in [4.69, 9.17) is 11.6 Å². The molecule has 2 aromatic rings. The minimum absolute atomic E-state index is 0.547. The first-order chi connectivity index (χ1) is 9.78. The molecule has 3 N–H and O–H groups in total. The van der Waals surface area contributed by atoms with Gasteiger partial charge in [-0.2, -0.15) is 4.98 Å². The van der Waals surface area contributed by atoms with Crippen molar-refractivity contribution < 1.29 is 0 Å². The molecule has 1 aromatic heterocycles. The van der Waals surface area contributed by atoms with Crippen molar-refractivity contribution in [1.82, 2.24) is 15.3 Å². The van der Waals surface area contributed by atoms with Crippen molar-refractivity contribution in [3.63, 3.8) is 0 Å². The lowest BCUT2D eigenvalue weighted by molar-refractivity contribution is 0.747. The topological polar surface area (TPSA) is 61.9 Å². The molecule has 0 aliphatic heterocycles. The molecule has 0 amide bonds. The SMILES string of the molecule is CNCCCNc1ccnc(Nc2cccc(Cl)c2)n1. The fourth-order valence-electron chi connectivity index (χ4n) is 1.69. The molecule has 20 heavy (non-hydrogen) atoms. The summed E-state index contributed by atoms with van der Waals surface area (Å²) in [7, 11) is 1.94. The summed E-state index contributed by atoms with van der Waals surface area (Å²) >= 11 is 5.94. The Hall–Kier alpha value is -1.85. The number of halogens is 1. The molecule has 0 aliphatic carbocycles. The first-order valence-corrected chi connectivity index (χ1v) is 6.90. The van der Waals surface area contributed by atoms with Gasteiger partial charge in [-0.15, -0.1) is 0 Å². The Bertz CT molecular complexity index is 547. The molecule has 0 unspecified atom stereocenters. The maximum atomic E-state index is 5.94. The fraction of sp³-hybridized carbons (Fsp3) is 0.286. The van der Waals surface area contributed by atoms with Crippen LogP contribution in [0.3, 0.4) is 0 Å². The standard InChI is InChI=1S/C14H18ClN5/c1-16-7-3-8-17-13-6-9-18-14(20-13)19-12-5-2-4-11(15)10-12/h2,4-6,9-10,16H,3,7-8H2,1H3,(H2,17,18,19,20). The quantitative estimate of drug-likeness (QED) is 0.685. The third kappa shape index (κ3) is 4.68. The maximum Gasteiger partial charge on any atom is 0.229 e. The Balaban J connectivity index is 1.95. The molecule has 0 aliphatic rings. The zero-order chi connectivity index (χ0) is 14.2. The van der Waals surface area contributed by atoms with Crippen LogP contribution in [0, 0.1) is 0 Å². The third-order valence-corrected chi connectivity index (χ3v) is 2.88. The predicted octanol–water partition coefficient (Wildman–Crippen LogP) is 2.90. The van der Waals surface area contributed by atoms with Crippen LogP contribution in [0.15, 0.2) is 36.5 Å². The lowest BCUT2D eigenvalue weighted by atomic mass is 10.3. The van der Waals surface area contributed by atoms with E-state index in [1.165, 1.54) is 0 Å². The lowest BCUT2D eigenvalue weighted by Crippen LogP contribution is -2.13. The van der Waals surface area contributed by atoms with E-state index < -0.39 is 0 Å². The maximum absolute atomic E-state index is 5.94. The first kappa shape index (κ1) is 14.6. The molecule has 0 atom stereocenters. The van der Waals surface area contributed by atoms with E-state index in [-0.39, 0.29) is 0 Å². The van der Waals surface area contributed by atoms with Crippen LogP contribution in [0.2, 0.25) is 5.02 Å². The number of hydrogen-bond donors (Lipinski definition) is 3. The number of aromatic nitrogens is 2. The van der Waals surface area contributed by atoms with Crippen LogP contribution in [0.25, 0.3) is 0 Å². The first-order valence-electron chi connectivity index (χ1n) is 6.52. The number of rotatable bonds is 7. The average molecular weight is 292 g/mol. The van der Waals surface area contributed by atoms with Crippen molar-refractivity contribution in [1.29, 1.82) is 0 Å². The van der Waals surface area contributed by atoms with Crippen molar-refractivity contribution in [2.75, 3.05) is 30.8 Å². The molecular formula is C14H18ClN5. The largest absolute Gasteiger partial charge is 0.370 e. The van der Waals surface area contributed by atoms with Gasteiger partial charge < -0.3 is 16.0 Å². The van der Waals surface area contributed by atoms with Gasteiger partial charge in [0.15, 0.2) is 0 Å². The van der Waals surface area contributed by atoms with Gasteiger partial charge in [0.05, 0.1) is 0 Å². The summed E-state index contributed by atoms with van der Waals surface area (Å²) in [4.78, 5) is 8.59. The summed E-state index contributed by atoms with van der Waals surface area (Å²) in [5.41, 5.74) is 0.866. The van der Waals surface area contributed by atoms with Crippen LogP contribution in [-0.2, 0) is 0 Å². The number of benzene rings is 1. The molecule has 0 saturated carbocycles. The average Bonchev–Trinajstić information content (AvgIpc) is 2.44. The second kappa shape index (κ2) is 7.67. The van der Waals surface area contributed by atoms with Gasteiger partial charge in [0.2, 0.25) is 5.95 Å².